The van der Waals surface area contributed by atoms with Crippen LogP contribution in [0.2, 0.25) is 0 Å². The second-order valence-corrected chi connectivity index (χ2v) is 6.67. The van der Waals surface area contributed by atoms with E-state index in [1.807, 2.05) is 13.8 Å². The Morgan fingerprint density at radius 3 is 2.25 bits per heavy atom. The predicted octanol–water partition coefficient (Wildman–Crippen LogP) is 2.48. The number of nitrogens with one attached hydrogen (secondary N) is 1. The van der Waals surface area contributed by atoms with Crippen LogP contribution in [0.25, 0.3) is 0 Å². The van der Waals surface area contributed by atoms with Crippen LogP contribution in [-0.4, -0.2) is 23.5 Å². The highest BCUT2D eigenvalue weighted by Gasteiger charge is 2.47. The Labute approximate surface area is 122 Å². The molecule has 0 heterocycles. The van der Waals surface area contributed by atoms with Gasteiger partial charge in [-0.25, -0.2) is 0 Å². The van der Waals surface area contributed by atoms with E-state index >= 15 is 0 Å². The summed E-state index contributed by atoms with van der Waals surface area (Å²) < 4.78 is 0. The molecule has 0 spiro atoms. The van der Waals surface area contributed by atoms with Crippen LogP contribution in [0.3, 0.4) is 0 Å². The van der Waals surface area contributed by atoms with E-state index in [0.717, 1.165) is 19.3 Å². The third-order valence-corrected chi connectivity index (χ3v) is 4.61. The smallest absolute Gasteiger partial charge is 0.233 e. The molecule has 1 aliphatic rings. The fourth-order valence-electron chi connectivity index (χ4n) is 2.98. The summed E-state index contributed by atoms with van der Waals surface area (Å²) in [5, 5.41) is 15.2. The van der Waals surface area contributed by atoms with Crippen LogP contribution >= 0.6 is 0 Å². The number of nitrogens with zero attached hydrogens (tertiary/aromatic N) is 1. The first-order valence-corrected chi connectivity index (χ1v) is 7.60. The first-order valence-electron chi connectivity index (χ1n) is 7.60. The maximum atomic E-state index is 12.6. The fraction of sp³-hybridized carbons (Fsp3) is 0.867. The van der Waals surface area contributed by atoms with Crippen molar-refractivity contribution in [1.82, 2.24) is 5.32 Å². The van der Waals surface area contributed by atoms with Gasteiger partial charge >= 0.3 is 0 Å². The van der Waals surface area contributed by atoms with Crippen LogP contribution in [-0.2, 0) is 4.79 Å². The molecule has 1 atom stereocenters. The van der Waals surface area contributed by atoms with E-state index in [4.69, 9.17) is 10.9 Å². The van der Waals surface area contributed by atoms with Gasteiger partial charge in [-0.05, 0) is 30.6 Å². The molecule has 0 bridgehead atoms. The molecule has 0 saturated heterocycles. The second kappa shape index (κ2) is 6.46. The lowest BCUT2D eigenvalue weighted by Crippen LogP contribution is -2.50. The third-order valence-electron chi connectivity index (χ3n) is 4.61. The van der Waals surface area contributed by atoms with Crippen molar-refractivity contribution < 1.29 is 10.0 Å². The van der Waals surface area contributed by atoms with Crippen LogP contribution in [0.5, 0.6) is 0 Å². The molecule has 116 valence electrons. The fourth-order valence-corrected chi connectivity index (χ4v) is 2.98. The summed E-state index contributed by atoms with van der Waals surface area (Å²) in [7, 11) is 0. The average molecular weight is 283 g/mol. The first kappa shape index (κ1) is 16.8. The Morgan fingerprint density at radius 2 is 1.90 bits per heavy atom. The van der Waals surface area contributed by atoms with Crippen molar-refractivity contribution in [2.24, 2.45) is 27.6 Å². The number of hydrogen-bond donors (Lipinski definition) is 3. The number of amides is 1. The number of rotatable bonds is 8. The van der Waals surface area contributed by atoms with Gasteiger partial charge in [-0.15, -0.1) is 0 Å². The van der Waals surface area contributed by atoms with Crippen LogP contribution in [0, 0.1) is 16.7 Å². The van der Waals surface area contributed by atoms with Crippen molar-refractivity contribution in [3.63, 3.8) is 0 Å². The molecule has 1 rings (SSSR count). The van der Waals surface area contributed by atoms with Gasteiger partial charge in [-0.2, -0.15) is 0 Å². The minimum Gasteiger partial charge on any atom is -0.409 e. The zero-order chi connectivity index (χ0) is 15.4. The molecule has 1 saturated carbocycles. The second-order valence-electron chi connectivity index (χ2n) is 6.67. The van der Waals surface area contributed by atoms with Gasteiger partial charge in [-0.1, -0.05) is 45.7 Å². The number of amidine groups is 1. The molecule has 1 fully saturated rings. The van der Waals surface area contributed by atoms with Gasteiger partial charge in [0.25, 0.3) is 0 Å². The molecule has 0 aliphatic heterocycles. The summed E-state index contributed by atoms with van der Waals surface area (Å²) in [6.07, 6.45) is 4.00. The van der Waals surface area contributed by atoms with Crippen molar-refractivity contribution in [2.45, 2.75) is 59.8 Å². The Hall–Kier alpha value is -1.26. The Bertz CT molecular complexity index is 371. The van der Waals surface area contributed by atoms with E-state index in [-0.39, 0.29) is 11.7 Å². The highest BCUT2D eigenvalue weighted by atomic mass is 16.4. The molecule has 5 heteroatoms. The average Bonchev–Trinajstić information content (AvgIpc) is 3.02. The van der Waals surface area contributed by atoms with Crippen LogP contribution < -0.4 is 11.1 Å². The highest BCUT2D eigenvalue weighted by Crippen LogP contribution is 2.51. The number of nitrogens with two attached hydrogens (primary N) is 1. The molecular formula is C15H29N3O2. The van der Waals surface area contributed by atoms with Gasteiger partial charge in [-0.3, -0.25) is 4.79 Å². The Morgan fingerprint density at radius 1 is 1.40 bits per heavy atom. The summed E-state index contributed by atoms with van der Waals surface area (Å²) in [4.78, 5) is 12.6. The minimum absolute atomic E-state index is 0.0359. The van der Waals surface area contributed by atoms with Crippen LogP contribution in [0.15, 0.2) is 5.16 Å². The highest BCUT2D eigenvalue weighted by molar-refractivity contribution is 6.06. The molecule has 1 aliphatic carbocycles. The summed E-state index contributed by atoms with van der Waals surface area (Å²) in [5.74, 6) is 0.479. The Balaban J connectivity index is 2.77. The van der Waals surface area contributed by atoms with E-state index in [0.29, 0.717) is 30.7 Å². The molecule has 0 radical (unpaired) electrons. The van der Waals surface area contributed by atoms with Gasteiger partial charge < -0.3 is 16.3 Å². The number of carbonyl (C=O) groups is 1. The van der Waals surface area contributed by atoms with Crippen LogP contribution in [0.1, 0.15) is 59.8 Å². The molecule has 0 aromatic carbocycles. The summed E-state index contributed by atoms with van der Waals surface area (Å²) in [6, 6.07) is 0. The molecule has 1 amide bonds. The SMILES string of the molecule is CCCC(CCC)(C(=O)NCC1CC1(C)C)C(N)=NO. The van der Waals surface area contributed by atoms with Crippen molar-refractivity contribution in [1.29, 1.82) is 0 Å². The monoisotopic (exact) mass is 283 g/mol. The van der Waals surface area contributed by atoms with E-state index in [1.54, 1.807) is 0 Å². The normalized spacial score (nSPS) is 21.6. The van der Waals surface area contributed by atoms with Gasteiger partial charge in [0.15, 0.2) is 5.84 Å². The summed E-state index contributed by atoms with van der Waals surface area (Å²) in [5.41, 5.74) is 5.31. The number of oxime groups is 1. The van der Waals surface area contributed by atoms with Crippen molar-refractivity contribution in [3.8, 4) is 0 Å². The van der Waals surface area contributed by atoms with E-state index in [2.05, 4.69) is 24.3 Å². The maximum absolute atomic E-state index is 12.6. The lowest BCUT2D eigenvalue weighted by molar-refractivity contribution is -0.128. The molecule has 0 aromatic heterocycles. The van der Waals surface area contributed by atoms with Gasteiger partial charge in [0.1, 0.15) is 5.41 Å². The van der Waals surface area contributed by atoms with Gasteiger partial charge in [0, 0.05) is 6.54 Å². The quantitative estimate of drug-likeness (QED) is 0.277. The van der Waals surface area contributed by atoms with E-state index < -0.39 is 5.41 Å². The number of hydrogen-bond acceptors (Lipinski definition) is 3. The van der Waals surface area contributed by atoms with Gasteiger partial charge in [0.2, 0.25) is 5.91 Å². The van der Waals surface area contributed by atoms with E-state index in [9.17, 15) is 4.79 Å². The lowest BCUT2D eigenvalue weighted by atomic mass is 9.77. The van der Waals surface area contributed by atoms with Crippen molar-refractivity contribution in [2.75, 3.05) is 6.54 Å². The van der Waals surface area contributed by atoms with Gasteiger partial charge in [0.05, 0.1) is 0 Å². The van der Waals surface area contributed by atoms with Crippen molar-refractivity contribution >= 4 is 11.7 Å². The topological polar surface area (TPSA) is 87.7 Å². The summed E-state index contributed by atoms with van der Waals surface area (Å²) >= 11 is 0. The minimum atomic E-state index is -0.864. The molecule has 1 unspecified atom stereocenters. The Kier molecular flexibility index (Phi) is 5.42. The molecule has 5 nitrogen and oxygen atoms in total. The first-order chi connectivity index (χ1) is 9.34. The largest absolute Gasteiger partial charge is 0.409 e. The zero-order valence-corrected chi connectivity index (χ0v) is 13.2. The predicted molar refractivity (Wildman–Crippen MR) is 80.6 cm³/mol. The molecule has 0 aromatic rings. The third kappa shape index (κ3) is 3.44. The standard InChI is InChI=1S/C15H29N3O2/c1-5-7-15(8-6-2,12(16)18-20)13(19)17-10-11-9-14(11,3)4/h11,20H,5-10H2,1-4H3,(H2,16,18)(H,17,19). The molecule has 4 N–H and O–H groups in total. The molecule has 20 heavy (non-hydrogen) atoms. The summed E-state index contributed by atoms with van der Waals surface area (Å²) in [6.45, 7) is 9.11. The lowest BCUT2D eigenvalue weighted by Gasteiger charge is -2.30. The number of carbonyl (C=O) groups excluding carboxylic acids is 1. The molecular weight excluding hydrogens is 254 g/mol. The van der Waals surface area contributed by atoms with E-state index in [1.165, 1.54) is 0 Å². The zero-order valence-electron chi connectivity index (χ0n) is 13.2. The van der Waals surface area contributed by atoms with Crippen molar-refractivity contribution in [3.05, 3.63) is 0 Å². The maximum Gasteiger partial charge on any atom is 0.233 e. The van der Waals surface area contributed by atoms with Crippen LogP contribution in [0.4, 0.5) is 0 Å².